The molecule has 156 valence electrons. The molecule has 0 radical (unpaired) electrons. The Morgan fingerprint density at radius 3 is 2.14 bits per heavy atom. The fourth-order valence-electron chi connectivity index (χ4n) is 3.73. The van der Waals surface area contributed by atoms with Gasteiger partial charge in [-0.25, -0.2) is 8.42 Å². The third kappa shape index (κ3) is 5.36. The van der Waals surface area contributed by atoms with Gasteiger partial charge in [0.25, 0.3) is 0 Å². The monoisotopic (exact) mass is 415 g/mol. The second-order valence-corrected chi connectivity index (χ2v) is 9.52. The molecule has 1 saturated heterocycles. The minimum atomic E-state index is -3.59. The Hall–Kier alpha value is -2.38. The fraction of sp³-hybridized carbons (Fsp3) is 0.409. The van der Waals surface area contributed by atoms with Gasteiger partial charge in [-0.2, -0.15) is 0 Å². The molecule has 0 aliphatic carbocycles. The third-order valence-electron chi connectivity index (χ3n) is 5.29. The zero-order valence-electron chi connectivity index (χ0n) is 17.3. The number of sulfonamides is 1. The van der Waals surface area contributed by atoms with E-state index >= 15 is 0 Å². The number of anilines is 1. The average molecular weight is 416 g/mol. The van der Waals surface area contributed by atoms with Crippen molar-refractivity contribution in [1.82, 2.24) is 9.80 Å². The molecule has 0 saturated carbocycles. The lowest BCUT2D eigenvalue weighted by Crippen LogP contribution is -2.55. The first-order chi connectivity index (χ1) is 13.8. The van der Waals surface area contributed by atoms with Gasteiger partial charge in [-0.15, -0.1) is 0 Å². The number of carbonyl (C=O) groups is 1. The van der Waals surface area contributed by atoms with E-state index in [0.717, 1.165) is 31.5 Å². The maximum atomic E-state index is 13.1. The van der Waals surface area contributed by atoms with E-state index < -0.39 is 16.1 Å². The molecule has 1 fully saturated rings. The van der Waals surface area contributed by atoms with Gasteiger partial charge in [0.1, 0.15) is 6.04 Å². The van der Waals surface area contributed by atoms with Gasteiger partial charge < -0.3 is 4.90 Å². The molecule has 0 aromatic heterocycles. The lowest BCUT2D eigenvalue weighted by atomic mass is 10.1. The quantitative estimate of drug-likeness (QED) is 0.727. The Morgan fingerprint density at radius 2 is 1.59 bits per heavy atom. The van der Waals surface area contributed by atoms with Crippen molar-refractivity contribution in [1.29, 1.82) is 0 Å². The molecule has 1 aliphatic heterocycles. The molecule has 1 atom stereocenters. The molecule has 1 heterocycles. The van der Waals surface area contributed by atoms with Gasteiger partial charge in [0.15, 0.2) is 0 Å². The van der Waals surface area contributed by atoms with Gasteiger partial charge in [-0.05, 0) is 31.5 Å². The number of hydrogen-bond acceptors (Lipinski definition) is 4. The highest BCUT2D eigenvalue weighted by molar-refractivity contribution is 7.92. The summed E-state index contributed by atoms with van der Waals surface area (Å²) < 4.78 is 26.1. The Balaban J connectivity index is 1.66. The summed E-state index contributed by atoms with van der Waals surface area (Å²) in [5.74, 6) is -0.157. The van der Waals surface area contributed by atoms with Crippen LogP contribution < -0.4 is 4.31 Å². The average Bonchev–Trinajstić information content (AvgIpc) is 2.69. The van der Waals surface area contributed by atoms with Crippen molar-refractivity contribution in [2.24, 2.45) is 0 Å². The maximum Gasteiger partial charge on any atom is 0.246 e. The van der Waals surface area contributed by atoms with E-state index in [1.165, 1.54) is 9.87 Å². The second kappa shape index (κ2) is 8.97. The highest BCUT2D eigenvalue weighted by Crippen LogP contribution is 2.22. The van der Waals surface area contributed by atoms with Crippen molar-refractivity contribution in [2.75, 3.05) is 36.7 Å². The Labute approximate surface area is 173 Å². The van der Waals surface area contributed by atoms with Gasteiger partial charge in [0.05, 0.1) is 11.9 Å². The molecule has 2 aromatic carbocycles. The number of piperazine rings is 1. The lowest BCUT2D eigenvalue weighted by Gasteiger charge is -2.38. The number of benzene rings is 2. The van der Waals surface area contributed by atoms with Crippen LogP contribution >= 0.6 is 0 Å². The van der Waals surface area contributed by atoms with Gasteiger partial charge >= 0.3 is 0 Å². The Morgan fingerprint density at radius 1 is 1.00 bits per heavy atom. The lowest BCUT2D eigenvalue weighted by molar-refractivity contribution is -0.133. The molecule has 0 bridgehead atoms. The molecule has 1 aliphatic rings. The van der Waals surface area contributed by atoms with Crippen LogP contribution in [0.1, 0.15) is 18.1 Å². The predicted molar refractivity (Wildman–Crippen MR) is 116 cm³/mol. The third-order valence-corrected chi connectivity index (χ3v) is 6.53. The first-order valence-corrected chi connectivity index (χ1v) is 11.7. The van der Waals surface area contributed by atoms with Crippen LogP contribution in [0.4, 0.5) is 5.69 Å². The van der Waals surface area contributed by atoms with Crippen LogP contribution in [0.3, 0.4) is 0 Å². The molecule has 0 spiro atoms. The van der Waals surface area contributed by atoms with Crippen LogP contribution in [0, 0.1) is 6.92 Å². The van der Waals surface area contributed by atoms with Crippen molar-refractivity contribution in [3.63, 3.8) is 0 Å². The van der Waals surface area contributed by atoms with E-state index in [1.54, 1.807) is 24.0 Å². The van der Waals surface area contributed by atoms with Crippen molar-refractivity contribution in [3.05, 3.63) is 65.7 Å². The second-order valence-electron chi connectivity index (χ2n) is 7.66. The first-order valence-electron chi connectivity index (χ1n) is 9.87. The van der Waals surface area contributed by atoms with Crippen molar-refractivity contribution >= 4 is 21.6 Å². The summed E-state index contributed by atoms with van der Waals surface area (Å²) in [4.78, 5) is 17.2. The zero-order valence-corrected chi connectivity index (χ0v) is 18.1. The molecular formula is C22H29N3O3S. The number of amides is 1. The molecule has 2 aromatic rings. The van der Waals surface area contributed by atoms with E-state index in [0.29, 0.717) is 18.8 Å². The summed E-state index contributed by atoms with van der Waals surface area (Å²) >= 11 is 0. The summed E-state index contributed by atoms with van der Waals surface area (Å²) in [6, 6.07) is 16.7. The van der Waals surface area contributed by atoms with Gasteiger partial charge in [0, 0.05) is 32.7 Å². The Kier molecular flexibility index (Phi) is 6.59. The molecule has 6 nitrogen and oxygen atoms in total. The highest BCUT2D eigenvalue weighted by Gasteiger charge is 2.33. The number of carbonyl (C=O) groups excluding carboxylic acids is 1. The standard InChI is InChI=1S/C22H29N3O3S/c1-18-9-11-21(12-10-18)25(29(3,27)28)19(2)22(26)24-15-13-23(14-16-24)17-20-7-5-4-6-8-20/h4-12,19H,13-17H2,1-3H3/t19-/m0/s1. The van der Waals surface area contributed by atoms with E-state index in [1.807, 2.05) is 37.3 Å². The molecule has 3 rings (SSSR count). The van der Waals surface area contributed by atoms with Crippen LogP contribution in [0.5, 0.6) is 0 Å². The summed E-state index contributed by atoms with van der Waals surface area (Å²) in [7, 11) is -3.59. The normalized spacial score (nSPS) is 16.4. The zero-order chi connectivity index (χ0) is 21.0. The van der Waals surface area contributed by atoms with E-state index in [2.05, 4.69) is 17.0 Å². The number of aryl methyl sites for hydroxylation is 1. The largest absolute Gasteiger partial charge is 0.338 e. The molecular weight excluding hydrogens is 386 g/mol. The molecule has 0 N–H and O–H groups in total. The minimum absolute atomic E-state index is 0.157. The van der Waals surface area contributed by atoms with Gasteiger partial charge in [-0.3, -0.25) is 14.0 Å². The van der Waals surface area contributed by atoms with Crippen molar-refractivity contribution in [3.8, 4) is 0 Å². The topological polar surface area (TPSA) is 60.9 Å². The number of rotatable bonds is 6. The van der Waals surface area contributed by atoms with E-state index in [-0.39, 0.29) is 5.91 Å². The van der Waals surface area contributed by atoms with Crippen LogP contribution in [-0.2, 0) is 21.4 Å². The van der Waals surface area contributed by atoms with E-state index in [4.69, 9.17) is 0 Å². The van der Waals surface area contributed by atoms with Crippen LogP contribution in [0.2, 0.25) is 0 Å². The van der Waals surface area contributed by atoms with Crippen molar-refractivity contribution < 1.29 is 13.2 Å². The molecule has 7 heteroatoms. The summed E-state index contributed by atoms with van der Waals surface area (Å²) in [6.45, 7) is 7.21. The number of nitrogens with zero attached hydrogens (tertiary/aromatic N) is 3. The SMILES string of the molecule is Cc1ccc(N([C@@H](C)C(=O)N2CCN(Cc3ccccc3)CC2)S(C)(=O)=O)cc1. The van der Waals surface area contributed by atoms with Crippen LogP contribution in [0.25, 0.3) is 0 Å². The molecule has 29 heavy (non-hydrogen) atoms. The van der Waals surface area contributed by atoms with Gasteiger partial charge in [0.2, 0.25) is 15.9 Å². The summed E-state index contributed by atoms with van der Waals surface area (Å²) in [5, 5.41) is 0. The highest BCUT2D eigenvalue weighted by atomic mass is 32.2. The number of hydrogen-bond donors (Lipinski definition) is 0. The Bertz CT molecular complexity index is 922. The van der Waals surface area contributed by atoms with Crippen LogP contribution in [0.15, 0.2) is 54.6 Å². The predicted octanol–water partition coefficient (Wildman–Crippen LogP) is 2.49. The maximum absolute atomic E-state index is 13.1. The summed E-state index contributed by atoms with van der Waals surface area (Å²) in [5.41, 5.74) is 2.81. The molecule has 0 unspecified atom stereocenters. The van der Waals surface area contributed by atoms with Gasteiger partial charge in [-0.1, -0.05) is 48.0 Å². The summed E-state index contributed by atoms with van der Waals surface area (Å²) in [6.07, 6.45) is 1.15. The van der Waals surface area contributed by atoms with E-state index in [9.17, 15) is 13.2 Å². The minimum Gasteiger partial charge on any atom is -0.338 e. The van der Waals surface area contributed by atoms with Crippen molar-refractivity contribution in [2.45, 2.75) is 26.4 Å². The smallest absolute Gasteiger partial charge is 0.246 e. The first kappa shape index (κ1) is 21.3. The van der Waals surface area contributed by atoms with Crippen LogP contribution in [-0.4, -0.2) is 62.6 Å². The fourth-order valence-corrected chi connectivity index (χ4v) is 4.90. The molecule has 1 amide bonds.